The second kappa shape index (κ2) is 7.89. The number of carboxylic acids is 1. The van der Waals surface area contributed by atoms with Gasteiger partial charge in [0.25, 0.3) is 5.91 Å². The van der Waals surface area contributed by atoms with Crippen molar-refractivity contribution in [2.45, 2.75) is 44.7 Å². The highest BCUT2D eigenvalue weighted by molar-refractivity contribution is 9.10. The number of carbonyl (C=O) groups is 2. The highest BCUT2D eigenvalue weighted by Gasteiger charge is 2.55. The number of hydrogen-bond acceptors (Lipinski definition) is 3. The molecule has 2 aromatic carbocycles. The fourth-order valence-electron chi connectivity index (χ4n) is 5.33. The molecule has 2 N–H and O–H groups in total. The Labute approximate surface area is 199 Å². The lowest BCUT2D eigenvalue weighted by molar-refractivity contribution is -0.155. The van der Waals surface area contributed by atoms with Gasteiger partial charge in [0.05, 0.1) is 34.3 Å². The number of fused-ring (bicyclic) bond motifs is 1. The van der Waals surface area contributed by atoms with E-state index in [1.807, 2.05) is 35.9 Å². The second-order valence-corrected chi connectivity index (χ2v) is 10.5. The molecule has 1 heterocycles. The SMILES string of the molecule is CC(c1ccc(Br)cc1)n1ncc2c(Cl)ccc(C(=O)NC3CC4(C3)CC(C(=O)O)C4)c21. The Hall–Kier alpha value is -2.38. The third-order valence-corrected chi connectivity index (χ3v) is 7.93. The quantitative estimate of drug-likeness (QED) is 0.473. The van der Waals surface area contributed by atoms with Crippen LogP contribution in [0.15, 0.2) is 47.1 Å². The molecule has 1 spiro atoms. The Bertz CT molecular complexity index is 1210. The van der Waals surface area contributed by atoms with E-state index in [0.29, 0.717) is 16.1 Å². The van der Waals surface area contributed by atoms with Gasteiger partial charge in [0.15, 0.2) is 0 Å². The number of aromatic nitrogens is 2. The Balaban J connectivity index is 1.38. The number of carboxylic acid groups (broad SMARTS) is 1. The average molecular weight is 517 g/mol. The first-order valence-electron chi connectivity index (χ1n) is 10.7. The van der Waals surface area contributed by atoms with Crippen LogP contribution in [0.25, 0.3) is 10.9 Å². The molecule has 1 atom stereocenters. The number of nitrogens with zero attached hydrogens (tertiary/aromatic N) is 2. The molecule has 2 fully saturated rings. The van der Waals surface area contributed by atoms with Crippen molar-refractivity contribution in [3.63, 3.8) is 0 Å². The number of nitrogens with one attached hydrogen (secondary N) is 1. The normalized spacial score (nSPS) is 25.2. The number of rotatable bonds is 5. The summed E-state index contributed by atoms with van der Waals surface area (Å²) in [7, 11) is 0. The first-order valence-corrected chi connectivity index (χ1v) is 11.9. The van der Waals surface area contributed by atoms with E-state index in [1.54, 1.807) is 18.3 Å². The lowest BCUT2D eigenvalue weighted by atomic mass is 9.50. The predicted octanol–water partition coefficient (Wildman–Crippen LogP) is 5.43. The summed E-state index contributed by atoms with van der Waals surface area (Å²) in [5, 5.41) is 18.1. The summed E-state index contributed by atoms with van der Waals surface area (Å²) < 4.78 is 2.85. The number of hydrogen-bond donors (Lipinski definition) is 2. The van der Waals surface area contributed by atoms with Crippen molar-refractivity contribution in [1.82, 2.24) is 15.1 Å². The maximum Gasteiger partial charge on any atom is 0.306 e. The summed E-state index contributed by atoms with van der Waals surface area (Å²) >= 11 is 9.89. The molecule has 1 aromatic heterocycles. The van der Waals surface area contributed by atoms with Gasteiger partial charge >= 0.3 is 5.97 Å². The van der Waals surface area contributed by atoms with E-state index in [0.717, 1.165) is 41.1 Å². The van der Waals surface area contributed by atoms with Crippen LogP contribution < -0.4 is 5.32 Å². The van der Waals surface area contributed by atoms with Crippen LogP contribution in [-0.4, -0.2) is 32.8 Å². The fourth-order valence-corrected chi connectivity index (χ4v) is 5.80. The van der Waals surface area contributed by atoms with Crippen molar-refractivity contribution in [3.05, 3.63) is 63.2 Å². The largest absolute Gasteiger partial charge is 0.481 e. The van der Waals surface area contributed by atoms with E-state index in [9.17, 15) is 9.59 Å². The van der Waals surface area contributed by atoms with Gasteiger partial charge < -0.3 is 10.4 Å². The molecule has 5 rings (SSSR count). The molecule has 3 aromatic rings. The van der Waals surface area contributed by atoms with Crippen molar-refractivity contribution in [2.75, 3.05) is 0 Å². The van der Waals surface area contributed by atoms with Gasteiger partial charge in [-0.3, -0.25) is 14.3 Å². The van der Waals surface area contributed by atoms with Crippen molar-refractivity contribution in [1.29, 1.82) is 0 Å². The van der Waals surface area contributed by atoms with Gasteiger partial charge in [-0.25, -0.2) is 0 Å². The highest BCUT2D eigenvalue weighted by atomic mass is 79.9. The van der Waals surface area contributed by atoms with Gasteiger partial charge in [0.2, 0.25) is 0 Å². The monoisotopic (exact) mass is 515 g/mol. The first-order chi connectivity index (χ1) is 15.3. The van der Waals surface area contributed by atoms with Crippen LogP contribution in [0.3, 0.4) is 0 Å². The molecule has 166 valence electrons. The molecule has 32 heavy (non-hydrogen) atoms. The van der Waals surface area contributed by atoms with Crippen molar-refractivity contribution in [3.8, 4) is 0 Å². The number of halogens is 2. The standard InChI is InChI=1S/C24H23BrClN3O3/c1-13(14-2-4-16(25)5-3-14)29-21-18(6-7-20(26)19(21)12-27-29)22(30)28-17-10-24(11-17)8-15(9-24)23(31)32/h2-7,12-13,15,17H,8-11H2,1H3,(H,28,30)(H,31,32). The van der Waals surface area contributed by atoms with E-state index in [-0.39, 0.29) is 29.3 Å². The van der Waals surface area contributed by atoms with Crippen molar-refractivity contribution < 1.29 is 14.7 Å². The molecule has 0 radical (unpaired) electrons. The molecule has 0 aliphatic heterocycles. The highest BCUT2D eigenvalue weighted by Crippen LogP contribution is 2.58. The van der Waals surface area contributed by atoms with E-state index < -0.39 is 5.97 Å². The van der Waals surface area contributed by atoms with Gasteiger partial charge in [-0.15, -0.1) is 0 Å². The maximum atomic E-state index is 13.2. The zero-order valence-electron chi connectivity index (χ0n) is 17.5. The summed E-state index contributed by atoms with van der Waals surface area (Å²) in [6, 6.07) is 11.5. The van der Waals surface area contributed by atoms with E-state index >= 15 is 0 Å². The minimum atomic E-state index is -0.708. The smallest absolute Gasteiger partial charge is 0.306 e. The second-order valence-electron chi connectivity index (χ2n) is 9.20. The van der Waals surface area contributed by atoms with Gasteiger partial charge in [0, 0.05) is 15.9 Å². The zero-order valence-corrected chi connectivity index (χ0v) is 19.9. The van der Waals surface area contributed by atoms with Crippen molar-refractivity contribution >= 4 is 50.3 Å². The zero-order chi connectivity index (χ0) is 22.6. The molecule has 1 amide bonds. The minimum absolute atomic E-state index is 0.0724. The molecular formula is C24H23BrClN3O3. The third kappa shape index (κ3) is 3.61. The topological polar surface area (TPSA) is 84.2 Å². The molecular weight excluding hydrogens is 494 g/mol. The molecule has 8 heteroatoms. The molecule has 0 saturated heterocycles. The van der Waals surface area contributed by atoms with Crippen LogP contribution >= 0.6 is 27.5 Å². The number of amides is 1. The van der Waals surface area contributed by atoms with Gasteiger partial charge in [0.1, 0.15) is 0 Å². The number of carbonyl (C=O) groups excluding carboxylic acids is 1. The summed E-state index contributed by atoms with van der Waals surface area (Å²) in [5.41, 5.74) is 2.44. The van der Waals surface area contributed by atoms with Gasteiger partial charge in [-0.2, -0.15) is 5.10 Å². The number of benzene rings is 2. The first kappa shape index (κ1) is 21.5. The lowest BCUT2D eigenvalue weighted by Gasteiger charge is -2.56. The third-order valence-electron chi connectivity index (χ3n) is 7.07. The Morgan fingerprint density at radius 2 is 1.88 bits per heavy atom. The maximum absolute atomic E-state index is 13.2. The van der Waals surface area contributed by atoms with Gasteiger partial charge in [-0.05, 0) is 67.9 Å². The van der Waals surface area contributed by atoms with E-state index in [1.165, 1.54) is 0 Å². The molecule has 2 saturated carbocycles. The van der Waals surface area contributed by atoms with Crippen LogP contribution in [0.1, 0.15) is 54.6 Å². The fraction of sp³-hybridized carbons (Fsp3) is 0.375. The molecule has 2 aliphatic carbocycles. The van der Waals surface area contributed by atoms with E-state index in [4.69, 9.17) is 16.7 Å². The summed E-state index contributed by atoms with van der Waals surface area (Å²) in [4.78, 5) is 24.3. The van der Waals surface area contributed by atoms with Crippen LogP contribution in [0, 0.1) is 11.3 Å². The lowest BCUT2D eigenvalue weighted by Crippen LogP contribution is -2.57. The van der Waals surface area contributed by atoms with Crippen molar-refractivity contribution in [2.24, 2.45) is 11.3 Å². The molecule has 1 unspecified atom stereocenters. The summed E-state index contributed by atoms with van der Waals surface area (Å²) in [5.74, 6) is -1.08. The van der Waals surface area contributed by atoms with Crippen LogP contribution in [0.5, 0.6) is 0 Å². The molecule has 0 bridgehead atoms. The molecule has 2 aliphatic rings. The average Bonchev–Trinajstić information content (AvgIpc) is 3.14. The van der Waals surface area contributed by atoms with E-state index in [2.05, 4.69) is 26.3 Å². The molecule has 6 nitrogen and oxygen atoms in total. The van der Waals surface area contributed by atoms with Gasteiger partial charge in [-0.1, -0.05) is 39.7 Å². The minimum Gasteiger partial charge on any atom is -0.481 e. The van der Waals surface area contributed by atoms with Crippen LogP contribution in [0.2, 0.25) is 5.02 Å². The Morgan fingerprint density at radius 3 is 2.53 bits per heavy atom. The number of aliphatic carboxylic acids is 1. The van der Waals surface area contributed by atoms with Crippen LogP contribution in [0.4, 0.5) is 0 Å². The van der Waals surface area contributed by atoms with Crippen LogP contribution in [-0.2, 0) is 4.79 Å². The summed E-state index contributed by atoms with van der Waals surface area (Å²) in [6.07, 6.45) is 4.83. The Morgan fingerprint density at radius 1 is 1.19 bits per heavy atom. The predicted molar refractivity (Wildman–Crippen MR) is 126 cm³/mol. The Kier molecular flexibility index (Phi) is 5.29. The summed E-state index contributed by atoms with van der Waals surface area (Å²) in [6.45, 7) is 2.05.